The molecule has 1 atom stereocenters. The van der Waals surface area contributed by atoms with Crippen LogP contribution < -0.4 is 15.6 Å². The highest BCUT2D eigenvalue weighted by atomic mass is 16.4. The number of nitrogens with zero attached hydrogens (tertiary/aromatic N) is 2. The van der Waals surface area contributed by atoms with Gasteiger partial charge in [0.1, 0.15) is 5.58 Å². The molecular formula is C27H25N3O4. The van der Waals surface area contributed by atoms with Gasteiger partial charge in [-0.25, -0.2) is 4.79 Å². The van der Waals surface area contributed by atoms with E-state index in [-0.39, 0.29) is 16.9 Å². The van der Waals surface area contributed by atoms with Crippen LogP contribution in [-0.4, -0.2) is 29.1 Å². The summed E-state index contributed by atoms with van der Waals surface area (Å²) >= 11 is 0. The fraction of sp³-hybridized carbons (Fsp3) is 0.222. The Morgan fingerprint density at radius 1 is 1.18 bits per heavy atom. The zero-order valence-electron chi connectivity index (χ0n) is 18.8. The maximum Gasteiger partial charge on any atom is 0.337 e. The van der Waals surface area contributed by atoms with Crippen LogP contribution in [0.4, 0.5) is 11.6 Å². The van der Waals surface area contributed by atoms with E-state index in [0.717, 1.165) is 36.3 Å². The summed E-state index contributed by atoms with van der Waals surface area (Å²) in [5, 5.41) is 13.2. The van der Waals surface area contributed by atoms with Gasteiger partial charge >= 0.3 is 5.97 Å². The third-order valence-electron chi connectivity index (χ3n) is 6.27. The molecule has 3 heterocycles. The van der Waals surface area contributed by atoms with Crippen LogP contribution in [0.2, 0.25) is 0 Å². The van der Waals surface area contributed by atoms with Gasteiger partial charge in [-0.3, -0.25) is 9.78 Å². The molecule has 0 saturated carbocycles. The van der Waals surface area contributed by atoms with Crippen molar-refractivity contribution in [3.63, 3.8) is 0 Å². The largest absolute Gasteiger partial charge is 0.478 e. The van der Waals surface area contributed by atoms with E-state index in [1.807, 2.05) is 37.3 Å². The van der Waals surface area contributed by atoms with Crippen molar-refractivity contribution in [2.75, 3.05) is 23.3 Å². The lowest BCUT2D eigenvalue weighted by molar-refractivity contribution is 0.0698. The van der Waals surface area contributed by atoms with E-state index in [2.05, 4.69) is 15.2 Å². The summed E-state index contributed by atoms with van der Waals surface area (Å²) in [5.41, 5.74) is 3.93. The summed E-state index contributed by atoms with van der Waals surface area (Å²) in [6, 6.07) is 18.1. The van der Waals surface area contributed by atoms with Crippen LogP contribution >= 0.6 is 0 Å². The van der Waals surface area contributed by atoms with Crippen LogP contribution in [0.3, 0.4) is 0 Å². The number of aryl methyl sites for hydroxylation is 1. The van der Waals surface area contributed by atoms with E-state index in [9.17, 15) is 14.7 Å². The second kappa shape index (κ2) is 9.02. The molecule has 1 aliphatic rings. The maximum absolute atomic E-state index is 13.0. The number of nitrogens with one attached hydrogen (secondary N) is 1. The number of anilines is 2. The molecule has 1 fully saturated rings. The van der Waals surface area contributed by atoms with Gasteiger partial charge in [-0.1, -0.05) is 24.3 Å². The molecule has 1 unspecified atom stereocenters. The molecule has 2 N–H and O–H groups in total. The maximum atomic E-state index is 13.0. The molecule has 5 rings (SSSR count). The first-order valence-corrected chi connectivity index (χ1v) is 11.3. The topological polar surface area (TPSA) is 95.7 Å². The van der Waals surface area contributed by atoms with Crippen LogP contribution in [0.25, 0.3) is 11.0 Å². The molecule has 7 nitrogen and oxygen atoms in total. The van der Waals surface area contributed by atoms with Crippen molar-refractivity contribution in [1.82, 2.24) is 4.98 Å². The number of rotatable bonds is 6. The standard InChI is InChI=1S/C27H25N3O4/c1-17-12-19(15-29-23-8-3-2-6-20(23)27(32)33)26-21(13-17)24(31)14-25(34-26)30-11-9-18(16-30)22-7-4-5-10-28-22/h2-8,10,12-14,18,29H,9,11,15-16H2,1H3,(H,32,33). The highest BCUT2D eigenvalue weighted by molar-refractivity contribution is 5.94. The molecule has 7 heteroatoms. The zero-order valence-corrected chi connectivity index (χ0v) is 18.8. The van der Waals surface area contributed by atoms with Crippen molar-refractivity contribution in [2.45, 2.75) is 25.8 Å². The van der Waals surface area contributed by atoms with Gasteiger partial charge in [-0.15, -0.1) is 0 Å². The SMILES string of the molecule is Cc1cc(CNc2ccccc2C(=O)O)c2oc(N3CCC(c4ccccn4)C3)cc(=O)c2c1. The molecule has 0 amide bonds. The smallest absolute Gasteiger partial charge is 0.337 e. The van der Waals surface area contributed by atoms with E-state index in [4.69, 9.17) is 4.42 Å². The molecule has 0 radical (unpaired) electrons. The Morgan fingerprint density at radius 3 is 2.79 bits per heavy atom. The third-order valence-corrected chi connectivity index (χ3v) is 6.27. The number of benzene rings is 2. The average Bonchev–Trinajstić information content (AvgIpc) is 3.34. The van der Waals surface area contributed by atoms with E-state index in [1.54, 1.807) is 36.5 Å². The number of aromatic carboxylic acids is 1. The van der Waals surface area contributed by atoms with Crippen LogP contribution in [-0.2, 0) is 6.54 Å². The van der Waals surface area contributed by atoms with Crippen molar-refractivity contribution >= 4 is 28.5 Å². The summed E-state index contributed by atoms with van der Waals surface area (Å²) in [7, 11) is 0. The Labute approximate surface area is 196 Å². The molecule has 4 aromatic rings. The van der Waals surface area contributed by atoms with E-state index < -0.39 is 5.97 Å². The molecule has 0 aliphatic carbocycles. The minimum Gasteiger partial charge on any atom is -0.478 e. The lowest BCUT2D eigenvalue weighted by Gasteiger charge is -2.18. The number of carbonyl (C=O) groups is 1. The minimum absolute atomic E-state index is 0.0894. The Kier molecular flexibility index (Phi) is 5.76. The van der Waals surface area contributed by atoms with E-state index in [1.165, 1.54) is 0 Å². The number of para-hydroxylation sites is 1. The van der Waals surface area contributed by atoms with Gasteiger partial charge in [0.25, 0.3) is 0 Å². The van der Waals surface area contributed by atoms with Gasteiger partial charge < -0.3 is 19.7 Å². The monoisotopic (exact) mass is 455 g/mol. The fourth-order valence-corrected chi connectivity index (χ4v) is 4.60. The van der Waals surface area contributed by atoms with Crippen molar-refractivity contribution in [3.8, 4) is 0 Å². The Hall–Kier alpha value is -4.13. The quantitative estimate of drug-likeness (QED) is 0.431. The lowest BCUT2D eigenvalue weighted by Crippen LogP contribution is -2.21. The first kappa shape index (κ1) is 21.7. The Morgan fingerprint density at radius 2 is 2.00 bits per heavy atom. The predicted molar refractivity (Wildman–Crippen MR) is 132 cm³/mol. The number of carboxylic acids is 1. The van der Waals surface area contributed by atoms with Gasteiger partial charge in [0.2, 0.25) is 0 Å². The first-order chi connectivity index (χ1) is 16.5. The summed E-state index contributed by atoms with van der Waals surface area (Å²) in [5.74, 6) is -0.164. The fourth-order valence-electron chi connectivity index (χ4n) is 4.60. The number of hydrogen-bond acceptors (Lipinski definition) is 6. The lowest BCUT2D eigenvalue weighted by atomic mass is 10.0. The summed E-state index contributed by atoms with van der Waals surface area (Å²) in [6.45, 7) is 3.77. The second-order valence-corrected chi connectivity index (χ2v) is 8.64. The molecule has 172 valence electrons. The van der Waals surface area contributed by atoms with Crippen LogP contribution in [0.15, 0.2) is 76.1 Å². The molecular weight excluding hydrogens is 430 g/mol. The minimum atomic E-state index is -0.998. The number of pyridine rings is 1. The predicted octanol–water partition coefficient (Wildman–Crippen LogP) is 4.80. The van der Waals surface area contributed by atoms with Gasteiger partial charge in [0.15, 0.2) is 11.3 Å². The van der Waals surface area contributed by atoms with E-state index >= 15 is 0 Å². The summed E-state index contributed by atoms with van der Waals surface area (Å²) in [6.07, 6.45) is 2.74. The van der Waals surface area contributed by atoms with Crippen molar-refractivity contribution in [3.05, 3.63) is 99.5 Å². The number of carboxylic acid groups (broad SMARTS) is 1. The van der Waals surface area contributed by atoms with Gasteiger partial charge in [0, 0.05) is 54.8 Å². The number of hydrogen-bond donors (Lipinski definition) is 2. The first-order valence-electron chi connectivity index (χ1n) is 11.3. The highest BCUT2D eigenvalue weighted by Gasteiger charge is 2.27. The van der Waals surface area contributed by atoms with Crippen molar-refractivity contribution in [1.29, 1.82) is 0 Å². The summed E-state index contributed by atoms with van der Waals surface area (Å²) in [4.78, 5) is 31.2. The van der Waals surface area contributed by atoms with Crippen LogP contribution in [0.1, 0.15) is 39.5 Å². The van der Waals surface area contributed by atoms with Gasteiger partial charge in [-0.2, -0.15) is 0 Å². The molecule has 2 aromatic heterocycles. The highest BCUT2D eigenvalue weighted by Crippen LogP contribution is 2.31. The van der Waals surface area contributed by atoms with Crippen molar-refractivity contribution < 1.29 is 14.3 Å². The third kappa shape index (κ3) is 4.24. The van der Waals surface area contributed by atoms with Gasteiger partial charge in [0.05, 0.1) is 10.9 Å². The van der Waals surface area contributed by atoms with E-state index in [0.29, 0.717) is 29.1 Å². The summed E-state index contributed by atoms with van der Waals surface area (Å²) < 4.78 is 6.31. The molecule has 0 bridgehead atoms. The second-order valence-electron chi connectivity index (χ2n) is 8.64. The molecule has 34 heavy (non-hydrogen) atoms. The van der Waals surface area contributed by atoms with Crippen LogP contribution in [0, 0.1) is 6.92 Å². The Bertz CT molecular complexity index is 1410. The molecule has 0 spiro atoms. The molecule has 1 aliphatic heterocycles. The molecule has 1 saturated heterocycles. The Balaban J connectivity index is 1.47. The number of aromatic nitrogens is 1. The van der Waals surface area contributed by atoms with Crippen molar-refractivity contribution in [2.24, 2.45) is 0 Å². The zero-order chi connectivity index (χ0) is 23.7. The van der Waals surface area contributed by atoms with Crippen LogP contribution in [0.5, 0.6) is 0 Å². The van der Waals surface area contributed by atoms with Gasteiger partial charge in [-0.05, 0) is 49.2 Å². The average molecular weight is 456 g/mol. The normalized spacial score (nSPS) is 15.6. The molecule has 2 aromatic carbocycles. The number of fused-ring (bicyclic) bond motifs is 1.